The summed E-state index contributed by atoms with van der Waals surface area (Å²) in [6.07, 6.45) is -0.376. The number of carboxylic acid groups (broad SMARTS) is 1. The fourth-order valence-corrected chi connectivity index (χ4v) is 1.49. The molecule has 0 heterocycles. The second-order valence-electron chi connectivity index (χ2n) is 4.07. The Morgan fingerprint density at radius 3 is 2.45 bits per heavy atom. The number of aromatic hydroxyl groups is 2. The second kappa shape index (κ2) is 6.41. The zero-order valence-corrected chi connectivity index (χ0v) is 10.4. The van der Waals surface area contributed by atoms with Crippen LogP contribution in [0.3, 0.4) is 0 Å². The number of phenolic OH excluding ortho intramolecular Hbond substituents is 2. The molecule has 1 aromatic carbocycles. The van der Waals surface area contributed by atoms with Gasteiger partial charge in [-0.2, -0.15) is 0 Å². The molecule has 1 rings (SSSR count). The number of hydrogen-bond donors (Lipinski definition) is 5. The van der Waals surface area contributed by atoms with Gasteiger partial charge in [-0.1, -0.05) is 0 Å². The van der Waals surface area contributed by atoms with E-state index in [9.17, 15) is 24.6 Å². The number of rotatable bonds is 6. The summed E-state index contributed by atoms with van der Waals surface area (Å²) in [5, 5.41) is 29.8. The molecule has 8 heteroatoms. The number of aliphatic carboxylic acids is 1. The number of primary amides is 1. The number of amides is 2. The average molecular weight is 282 g/mol. The first-order valence-corrected chi connectivity index (χ1v) is 5.65. The van der Waals surface area contributed by atoms with E-state index in [2.05, 4.69) is 5.32 Å². The lowest BCUT2D eigenvalue weighted by molar-refractivity contribution is -0.139. The zero-order chi connectivity index (χ0) is 15.3. The molecule has 0 aliphatic rings. The van der Waals surface area contributed by atoms with Gasteiger partial charge >= 0.3 is 5.97 Å². The summed E-state index contributed by atoms with van der Waals surface area (Å²) in [4.78, 5) is 33.4. The highest BCUT2D eigenvalue weighted by Gasteiger charge is 2.22. The highest BCUT2D eigenvalue weighted by atomic mass is 16.4. The van der Waals surface area contributed by atoms with Crippen molar-refractivity contribution in [2.45, 2.75) is 18.9 Å². The first-order valence-electron chi connectivity index (χ1n) is 5.65. The maximum absolute atomic E-state index is 11.8. The van der Waals surface area contributed by atoms with Gasteiger partial charge in [-0.15, -0.1) is 0 Å². The predicted molar refractivity (Wildman–Crippen MR) is 67.1 cm³/mol. The van der Waals surface area contributed by atoms with Gasteiger partial charge in [0.15, 0.2) is 0 Å². The molecule has 0 saturated heterocycles. The molecular weight excluding hydrogens is 268 g/mol. The van der Waals surface area contributed by atoms with E-state index in [1.807, 2.05) is 0 Å². The molecule has 6 N–H and O–H groups in total. The highest BCUT2D eigenvalue weighted by Crippen LogP contribution is 2.22. The average Bonchev–Trinajstić information content (AvgIpc) is 2.36. The lowest BCUT2D eigenvalue weighted by atomic mass is 10.1. The molecule has 1 aromatic rings. The lowest BCUT2D eigenvalue weighted by Gasteiger charge is -2.14. The van der Waals surface area contributed by atoms with Crippen LogP contribution in [0.4, 0.5) is 0 Å². The van der Waals surface area contributed by atoms with Crippen LogP contribution >= 0.6 is 0 Å². The van der Waals surface area contributed by atoms with E-state index in [-0.39, 0.29) is 24.2 Å². The van der Waals surface area contributed by atoms with E-state index in [0.717, 1.165) is 12.1 Å². The molecular formula is C12H14N2O6. The van der Waals surface area contributed by atoms with Crippen molar-refractivity contribution >= 4 is 17.8 Å². The molecule has 108 valence electrons. The number of carbonyl (C=O) groups is 3. The molecule has 0 bridgehead atoms. The van der Waals surface area contributed by atoms with Crippen LogP contribution in [0.25, 0.3) is 0 Å². The number of hydrogen-bond acceptors (Lipinski definition) is 5. The molecule has 0 spiro atoms. The number of benzene rings is 1. The number of nitrogens with two attached hydrogens (primary N) is 1. The SMILES string of the molecule is NC(=O)CC[C@@H](NC(=O)c1cc(O)ccc1O)C(=O)O. The Balaban J connectivity index is 2.82. The molecule has 0 unspecified atom stereocenters. The van der Waals surface area contributed by atoms with E-state index in [1.54, 1.807) is 0 Å². The number of carboxylic acids is 1. The first-order chi connectivity index (χ1) is 9.31. The maximum atomic E-state index is 11.8. The second-order valence-corrected chi connectivity index (χ2v) is 4.07. The molecule has 0 saturated carbocycles. The minimum Gasteiger partial charge on any atom is -0.508 e. The minimum absolute atomic E-state index is 0.171. The summed E-state index contributed by atoms with van der Waals surface area (Å²) >= 11 is 0. The summed E-state index contributed by atoms with van der Waals surface area (Å²) in [7, 11) is 0. The monoisotopic (exact) mass is 282 g/mol. The van der Waals surface area contributed by atoms with Crippen LogP contribution < -0.4 is 11.1 Å². The quantitative estimate of drug-likeness (QED) is 0.446. The van der Waals surface area contributed by atoms with Crippen LogP contribution in [0.5, 0.6) is 11.5 Å². The smallest absolute Gasteiger partial charge is 0.326 e. The van der Waals surface area contributed by atoms with Gasteiger partial charge < -0.3 is 26.4 Å². The van der Waals surface area contributed by atoms with Crippen LogP contribution in [0, 0.1) is 0 Å². The van der Waals surface area contributed by atoms with E-state index < -0.39 is 29.6 Å². The Labute approximate surface area is 113 Å². The van der Waals surface area contributed by atoms with E-state index in [1.165, 1.54) is 6.07 Å². The molecule has 0 aliphatic carbocycles. The third-order valence-corrected chi connectivity index (χ3v) is 2.51. The Hall–Kier alpha value is -2.77. The van der Waals surface area contributed by atoms with E-state index >= 15 is 0 Å². The molecule has 0 radical (unpaired) electrons. The molecule has 20 heavy (non-hydrogen) atoms. The molecule has 8 nitrogen and oxygen atoms in total. The topological polar surface area (TPSA) is 150 Å². The van der Waals surface area contributed by atoms with Crippen molar-refractivity contribution in [1.29, 1.82) is 0 Å². The zero-order valence-electron chi connectivity index (χ0n) is 10.4. The van der Waals surface area contributed by atoms with Gasteiger partial charge in [0.1, 0.15) is 17.5 Å². The summed E-state index contributed by atoms with van der Waals surface area (Å²) in [6, 6.07) is 1.95. The van der Waals surface area contributed by atoms with Gasteiger partial charge in [0.05, 0.1) is 5.56 Å². The first kappa shape index (κ1) is 15.3. The number of nitrogens with one attached hydrogen (secondary N) is 1. The standard InChI is InChI=1S/C12H14N2O6/c13-10(17)4-2-8(12(19)20)14-11(18)7-5-6(15)1-3-9(7)16/h1,3,5,8,15-16H,2,4H2,(H2,13,17)(H,14,18)(H,19,20)/t8-/m1/s1. The van der Waals surface area contributed by atoms with Crippen molar-refractivity contribution in [2.24, 2.45) is 5.73 Å². The van der Waals surface area contributed by atoms with Crippen LogP contribution in [-0.2, 0) is 9.59 Å². The summed E-state index contributed by atoms with van der Waals surface area (Å²) in [5.74, 6) is -3.56. The Bertz CT molecular complexity index is 543. The van der Waals surface area contributed by atoms with Gasteiger partial charge in [-0.05, 0) is 24.6 Å². The van der Waals surface area contributed by atoms with Crippen LogP contribution in [0.2, 0.25) is 0 Å². The van der Waals surface area contributed by atoms with Crippen molar-refractivity contribution in [3.8, 4) is 11.5 Å². The van der Waals surface area contributed by atoms with Crippen molar-refractivity contribution in [3.63, 3.8) is 0 Å². The van der Waals surface area contributed by atoms with Crippen molar-refractivity contribution in [1.82, 2.24) is 5.32 Å². The summed E-state index contributed by atoms with van der Waals surface area (Å²) in [6.45, 7) is 0. The van der Waals surface area contributed by atoms with Gasteiger partial charge in [0.2, 0.25) is 5.91 Å². The predicted octanol–water partition coefficient (Wildman–Crippen LogP) is -0.454. The third kappa shape index (κ3) is 4.16. The van der Waals surface area contributed by atoms with Crippen molar-refractivity contribution in [3.05, 3.63) is 23.8 Å². The van der Waals surface area contributed by atoms with E-state index in [0.29, 0.717) is 0 Å². The Morgan fingerprint density at radius 2 is 1.90 bits per heavy atom. The Morgan fingerprint density at radius 1 is 1.25 bits per heavy atom. The fraction of sp³-hybridized carbons (Fsp3) is 0.250. The lowest BCUT2D eigenvalue weighted by Crippen LogP contribution is -2.41. The minimum atomic E-state index is -1.33. The van der Waals surface area contributed by atoms with Gasteiger partial charge in [-0.3, -0.25) is 9.59 Å². The van der Waals surface area contributed by atoms with Crippen molar-refractivity contribution < 1.29 is 29.7 Å². The summed E-state index contributed by atoms with van der Waals surface area (Å²) in [5.41, 5.74) is 4.64. The van der Waals surface area contributed by atoms with Crippen LogP contribution in [-0.4, -0.2) is 39.1 Å². The largest absolute Gasteiger partial charge is 0.508 e. The highest BCUT2D eigenvalue weighted by molar-refractivity contribution is 5.99. The fourth-order valence-electron chi connectivity index (χ4n) is 1.49. The Kier molecular flexibility index (Phi) is 4.90. The normalized spacial score (nSPS) is 11.6. The molecule has 2 amide bonds. The molecule has 0 aliphatic heterocycles. The van der Waals surface area contributed by atoms with Gasteiger partial charge in [0.25, 0.3) is 5.91 Å². The third-order valence-electron chi connectivity index (χ3n) is 2.51. The van der Waals surface area contributed by atoms with Crippen molar-refractivity contribution in [2.75, 3.05) is 0 Å². The van der Waals surface area contributed by atoms with Crippen LogP contribution in [0.1, 0.15) is 23.2 Å². The molecule has 0 aromatic heterocycles. The van der Waals surface area contributed by atoms with Crippen LogP contribution in [0.15, 0.2) is 18.2 Å². The number of carbonyl (C=O) groups excluding carboxylic acids is 2. The molecule has 1 atom stereocenters. The molecule has 0 fully saturated rings. The summed E-state index contributed by atoms with van der Waals surface area (Å²) < 4.78 is 0. The van der Waals surface area contributed by atoms with Gasteiger partial charge in [0, 0.05) is 6.42 Å². The number of phenols is 2. The maximum Gasteiger partial charge on any atom is 0.326 e. The van der Waals surface area contributed by atoms with Gasteiger partial charge in [-0.25, -0.2) is 4.79 Å². The van der Waals surface area contributed by atoms with E-state index in [4.69, 9.17) is 10.8 Å².